The second kappa shape index (κ2) is 23.3. The molecule has 0 aliphatic heterocycles. The van der Waals surface area contributed by atoms with Crippen molar-refractivity contribution in [3.63, 3.8) is 0 Å². The second-order valence-electron chi connectivity index (χ2n) is 0.848. The molecule has 1 nitrogen and oxygen atoms in total. The average Bonchev–Trinajstić information content (AvgIpc) is 1.41. The molecule has 8 heavy (non-hydrogen) atoms. The quantitative estimate of drug-likeness (QED) is 0.738. The van der Waals surface area contributed by atoms with Crippen LogP contribution in [-0.2, 0) is 28.0 Å². The third kappa shape index (κ3) is 25.2. The van der Waals surface area contributed by atoms with Crippen LogP contribution < -0.4 is 0 Å². The van der Waals surface area contributed by atoms with E-state index in [0.29, 0.717) is 0 Å². The van der Waals surface area contributed by atoms with E-state index in [1.54, 1.807) is 0 Å². The molecule has 5 heteroatoms. The predicted octanol–water partition coefficient (Wildman–Crippen LogP) is 2.14. The Labute approximate surface area is 84.6 Å². The van der Waals surface area contributed by atoms with Crippen molar-refractivity contribution in [1.29, 1.82) is 0 Å². The Balaban J connectivity index is -0.0000000267. The number of hydrogen-bond acceptors (Lipinski definition) is 1. The van der Waals surface area contributed by atoms with Gasteiger partial charge in [0.1, 0.15) is 0 Å². The van der Waals surface area contributed by atoms with Gasteiger partial charge in [0, 0.05) is 0 Å². The molecule has 0 saturated carbocycles. The van der Waals surface area contributed by atoms with Crippen molar-refractivity contribution in [1.82, 2.24) is 0 Å². The molecule has 0 rings (SSSR count). The van der Waals surface area contributed by atoms with Gasteiger partial charge < -0.3 is 0 Å². The second-order valence-corrected chi connectivity index (χ2v) is 1.56. The minimum Gasteiger partial charge on any atom is -0.147 e. The van der Waals surface area contributed by atoms with Gasteiger partial charge in [-0.15, -0.1) is 37.2 Å². The summed E-state index contributed by atoms with van der Waals surface area (Å²) in [5, 5.41) is 0. The van der Waals surface area contributed by atoms with Crippen molar-refractivity contribution in [2.75, 3.05) is 6.61 Å². The third-order valence-electron chi connectivity index (χ3n) is 0.306. The topological polar surface area (TPSA) is 9.23 Å². The maximum absolute atomic E-state index is 4.78. The summed E-state index contributed by atoms with van der Waals surface area (Å²) >= 11 is 1.18. The first-order valence-electron chi connectivity index (χ1n) is 1.70. The molecule has 0 aromatic heterocycles. The molecule has 0 heterocycles. The fourth-order valence-electron chi connectivity index (χ4n) is 0.102. The van der Waals surface area contributed by atoms with Crippen LogP contribution in [0.3, 0.4) is 0 Å². The van der Waals surface area contributed by atoms with Crippen LogP contribution in [0.25, 0.3) is 0 Å². The third-order valence-corrected chi connectivity index (χ3v) is 0.808. The van der Waals surface area contributed by atoms with Gasteiger partial charge in [0.2, 0.25) is 0 Å². The van der Waals surface area contributed by atoms with Crippen LogP contribution in [0.2, 0.25) is 0 Å². The van der Waals surface area contributed by atoms with Gasteiger partial charge in [-0.3, -0.25) is 0 Å². The molecule has 0 amide bonds. The van der Waals surface area contributed by atoms with Crippen LogP contribution in [-0.4, -0.2) is 6.61 Å². The molecule has 0 aromatic rings. The van der Waals surface area contributed by atoms with Crippen molar-refractivity contribution in [2.45, 2.75) is 13.3 Å². The van der Waals surface area contributed by atoms with Gasteiger partial charge in [-0.2, -0.15) is 0 Å². The summed E-state index contributed by atoms with van der Waals surface area (Å²) in [5.74, 6) is 0. The van der Waals surface area contributed by atoms with Gasteiger partial charge >= 0.3 is 47.9 Å². The van der Waals surface area contributed by atoms with Gasteiger partial charge in [-0.1, -0.05) is 0 Å². The zero-order chi connectivity index (χ0) is 4.12. The van der Waals surface area contributed by atoms with Crippen LogP contribution in [0.15, 0.2) is 0 Å². The van der Waals surface area contributed by atoms with Gasteiger partial charge in [0.25, 0.3) is 0 Å². The Morgan fingerprint density at radius 1 is 1.25 bits per heavy atom. The normalized spacial score (nSPS) is 5.00. The van der Waals surface area contributed by atoms with Crippen LogP contribution in [0.5, 0.6) is 0 Å². The standard InChI is InChI=1S/C3H7O.3ClH.Zr/c1-2-3-4;;;;/h2-3H2,1H3;3*1H;/q-1;;;;+1. The monoisotopic (exact) mass is 257 g/mol. The molecular formula is C3H10Cl3OZr. The summed E-state index contributed by atoms with van der Waals surface area (Å²) in [6.07, 6.45) is 1.14. The molecule has 0 bridgehead atoms. The van der Waals surface area contributed by atoms with Crippen molar-refractivity contribution in [3.8, 4) is 0 Å². The first-order valence-corrected chi connectivity index (χ1v) is 2.70. The van der Waals surface area contributed by atoms with Crippen molar-refractivity contribution < 1.29 is 28.0 Å². The fraction of sp³-hybridized carbons (Fsp3) is 1.00. The van der Waals surface area contributed by atoms with E-state index in [2.05, 4.69) is 6.92 Å². The maximum Gasteiger partial charge on any atom is -0.147 e. The predicted molar refractivity (Wildman–Crippen MR) is 38.0 cm³/mol. The molecule has 0 saturated heterocycles. The molecule has 0 N–H and O–H groups in total. The molecule has 0 aliphatic carbocycles. The Morgan fingerprint density at radius 3 is 1.62 bits per heavy atom. The molecule has 0 aromatic carbocycles. The average molecular weight is 260 g/mol. The summed E-state index contributed by atoms with van der Waals surface area (Å²) in [6, 6.07) is 0. The zero-order valence-electron chi connectivity index (χ0n) is 4.55. The number of halogens is 3. The van der Waals surface area contributed by atoms with E-state index >= 15 is 0 Å². The van der Waals surface area contributed by atoms with Crippen LogP contribution in [0, 0.1) is 0 Å². The molecule has 0 radical (unpaired) electrons. The van der Waals surface area contributed by atoms with Crippen LogP contribution >= 0.6 is 37.2 Å². The van der Waals surface area contributed by atoms with Gasteiger partial charge in [0.05, 0.1) is 0 Å². The molecule has 53 valence electrons. The van der Waals surface area contributed by atoms with E-state index < -0.39 is 0 Å². The summed E-state index contributed by atoms with van der Waals surface area (Å²) in [6.45, 7) is 3.03. The van der Waals surface area contributed by atoms with E-state index in [9.17, 15) is 0 Å². The maximum atomic E-state index is 4.78. The first-order chi connectivity index (χ1) is 2.41. The minimum atomic E-state index is 0. The smallest absolute Gasteiger partial charge is 0.147 e. The van der Waals surface area contributed by atoms with Gasteiger partial charge in [-0.05, 0) is 0 Å². The molecule has 0 spiro atoms. The van der Waals surface area contributed by atoms with E-state index in [4.69, 9.17) is 2.81 Å². The first kappa shape index (κ1) is 22.6. The molecule has 0 unspecified atom stereocenters. The molecule has 0 aliphatic rings. The fourth-order valence-corrected chi connectivity index (χ4v) is 0.604. The Hall–Kier alpha value is 1.71. The van der Waals surface area contributed by atoms with E-state index in [-0.39, 0.29) is 37.2 Å². The minimum absolute atomic E-state index is 0. The summed E-state index contributed by atoms with van der Waals surface area (Å²) < 4.78 is 4.78. The largest absolute Gasteiger partial charge is 0.147 e. The summed E-state index contributed by atoms with van der Waals surface area (Å²) in [5.41, 5.74) is 0. The number of hydrogen-bond donors (Lipinski definition) is 0. The van der Waals surface area contributed by atoms with E-state index in [0.717, 1.165) is 13.0 Å². The van der Waals surface area contributed by atoms with Crippen molar-refractivity contribution in [2.24, 2.45) is 0 Å². The number of rotatable bonds is 2. The van der Waals surface area contributed by atoms with Gasteiger partial charge in [-0.25, -0.2) is 0 Å². The SMILES string of the molecule is CCC[O][Zr].Cl.Cl.Cl. The van der Waals surface area contributed by atoms with E-state index in [1.165, 1.54) is 25.2 Å². The van der Waals surface area contributed by atoms with Crippen molar-refractivity contribution in [3.05, 3.63) is 0 Å². The summed E-state index contributed by atoms with van der Waals surface area (Å²) in [7, 11) is 0. The van der Waals surface area contributed by atoms with Gasteiger partial charge in [0.15, 0.2) is 0 Å². The summed E-state index contributed by atoms with van der Waals surface area (Å²) in [4.78, 5) is 0. The molecular weight excluding hydrogens is 250 g/mol. The zero-order valence-corrected chi connectivity index (χ0v) is 9.45. The molecule has 0 fully saturated rings. The Morgan fingerprint density at radius 2 is 1.62 bits per heavy atom. The Bertz CT molecular complexity index is 22.0. The molecule has 0 atom stereocenters. The van der Waals surface area contributed by atoms with E-state index in [1.807, 2.05) is 0 Å². The van der Waals surface area contributed by atoms with Crippen LogP contribution in [0.1, 0.15) is 13.3 Å². The van der Waals surface area contributed by atoms with Crippen molar-refractivity contribution >= 4 is 37.2 Å². The van der Waals surface area contributed by atoms with Crippen LogP contribution in [0.4, 0.5) is 0 Å². The Kier molecular flexibility index (Phi) is 65.9.